The maximum Gasteiger partial charge on any atom is 0.243 e. The van der Waals surface area contributed by atoms with Gasteiger partial charge in [-0.05, 0) is 54.7 Å². The first-order valence-corrected chi connectivity index (χ1v) is 14.1. The van der Waals surface area contributed by atoms with Crippen molar-refractivity contribution in [3.05, 3.63) is 63.6 Å². The van der Waals surface area contributed by atoms with Crippen molar-refractivity contribution in [2.75, 3.05) is 12.9 Å². The molecule has 0 radical (unpaired) electrons. The molecule has 1 atom stereocenters. The van der Waals surface area contributed by atoms with Crippen molar-refractivity contribution >= 4 is 46.8 Å². The zero-order chi connectivity index (χ0) is 25.2. The molecule has 1 fully saturated rings. The molecule has 5 nitrogen and oxygen atoms in total. The molecular formula is C27H34Cl2N2O3S. The molecule has 1 N–H and O–H groups in total. The zero-order valence-corrected chi connectivity index (χ0v) is 22.7. The number of ether oxygens (including phenoxy) is 1. The van der Waals surface area contributed by atoms with Gasteiger partial charge in [0.1, 0.15) is 11.8 Å². The van der Waals surface area contributed by atoms with E-state index in [1.165, 1.54) is 18.2 Å². The first-order chi connectivity index (χ1) is 16.9. The molecule has 2 amide bonds. The molecule has 0 bridgehead atoms. The summed E-state index contributed by atoms with van der Waals surface area (Å²) in [6.45, 7) is 2.30. The molecule has 0 aromatic heterocycles. The minimum absolute atomic E-state index is 0.0682. The highest BCUT2D eigenvalue weighted by Crippen LogP contribution is 2.26. The predicted molar refractivity (Wildman–Crippen MR) is 145 cm³/mol. The number of hydrogen-bond donors (Lipinski definition) is 1. The van der Waals surface area contributed by atoms with Gasteiger partial charge in [0, 0.05) is 28.4 Å². The fraction of sp³-hybridized carbons (Fsp3) is 0.481. The maximum atomic E-state index is 13.5. The Morgan fingerprint density at radius 1 is 1.14 bits per heavy atom. The number of rotatable bonds is 11. The Kier molecular flexibility index (Phi) is 11.1. The molecule has 2 aromatic carbocycles. The van der Waals surface area contributed by atoms with Crippen LogP contribution in [-0.2, 0) is 21.9 Å². The highest BCUT2D eigenvalue weighted by atomic mass is 35.5. The lowest BCUT2D eigenvalue weighted by atomic mass is 9.95. The minimum atomic E-state index is -0.532. The number of thioether (sulfide) groups is 1. The number of nitrogens with one attached hydrogen (secondary N) is 1. The second kappa shape index (κ2) is 14.0. The molecule has 3 rings (SSSR count). The summed E-state index contributed by atoms with van der Waals surface area (Å²) in [5.74, 6) is 1.41. The SMILES string of the molecule is CCC(C(=O)NC1CCCCC1)N(Cc1cccc(OC)c1)C(=O)CSCc1ccc(Cl)cc1Cl. The smallest absolute Gasteiger partial charge is 0.243 e. The Balaban J connectivity index is 1.73. The average molecular weight is 538 g/mol. The Bertz CT molecular complexity index is 998. The van der Waals surface area contributed by atoms with E-state index in [1.807, 2.05) is 37.3 Å². The Hall–Kier alpha value is -1.89. The Morgan fingerprint density at radius 3 is 2.60 bits per heavy atom. The van der Waals surface area contributed by atoms with E-state index in [-0.39, 0.29) is 23.6 Å². The van der Waals surface area contributed by atoms with Gasteiger partial charge in [0.05, 0.1) is 12.9 Å². The van der Waals surface area contributed by atoms with E-state index in [0.29, 0.717) is 28.8 Å². The number of hydrogen-bond acceptors (Lipinski definition) is 4. The molecule has 0 saturated heterocycles. The summed E-state index contributed by atoms with van der Waals surface area (Å²) in [5.41, 5.74) is 1.85. The molecular weight excluding hydrogens is 503 g/mol. The van der Waals surface area contributed by atoms with Crippen molar-refractivity contribution in [3.63, 3.8) is 0 Å². The van der Waals surface area contributed by atoms with E-state index in [0.717, 1.165) is 42.6 Å². The van der Waals surface area contributed by atoms with Crippen molar-refractivity contribution in [1.29, 1.82) is 0 Å². The molecule has 0 aliphatic heterocycles. The van der Waals surface area contributed by atoms with Crippen LogP contribution in [0.2, 0.25) is 10.0 Å². The molecule has 1 aliphatic rings. The van der Waals surface area contributed by atoms with Crippen LogP contribution in [0.3, 0.4) is 0 Å². The summed E-state index contributed by atoms with van der Waals surface area (Å²) < 4.78 is 5.36. The van der Waals surface area contributed by atoms with Crippen molar-refractivity contribution < 1.29 is 14.3 Å². The van der Waals surface area contributed by atoms with E-state index in [1.54, 1.807) is 24.1 Å². The second-order valence-corrected chi connectivity index (χ2v) is 10.7. The van der Waals surface area contributed by atoms with Crippen LogP contribution < -0.4 is 10.1 Å². The summed E-state index contributed by atoms with van der Waals surface area (Å²) in [4.78, 5) is 28.5. The third-order valence-corrected chi connectivity index (χ3v) is 7.88. The second-order valence-electron chi connectivity index (χ2n) is 8.87. The minimum Gasteiger partial charge on any atom is -0.497 e. The fourth-order valence-corrected chi connectivity index (χ4v) is 5.87. The number of amides is 2. The van der Waals surface area contributed by atoms with Gasteiger partial charge in [-0.2, -0.15) is 0 Å². The molecule has 190 valence electrons. The summed E-state index contributed by atoms with van der Waals surface area (Å²) >= 11 is 13.8. The first kappa shape index (κ1) is 27.7. The van der Waals surface area contributed by atoms with Crippen LogP contribution in [-0.4, -0.2) is 41.7 Å². The molecule has 0 heterocycles. The third kappa shape index (κ3) is 8.33. The van der Waals surface area contributed by atoms with Crippen LogP contribution in [0.5, 0.6) is 5.75 Å². The third-order valence-electron chi connectivity index (χ3n) is 6.32. The van der Waals surface area contributed by atoms with Crippen molar-refractivity contribution in [1.82, 2.24) is 10.2 Å². The summed E-state index contributed by atoms with van der Waals surface area (Å²) in [7, 11) is 1.62. The largest absolute Gasteiger partial charge is 0.497 e. The van der Waals surface area contributed by atoms with Crippen LogP contribution in [0.4, 0.5) is 0 Å². The maximum absolute atomic E-state index is 13.5. The lowest BCUT2D eigenvalue weighted by molar-refractivity contribution is -0.139. The van der Waals surface area contributed by atoms with Gasteiger partial charge in [-0.25, -0.2) is 0 Å². The summed E-state index contributed by atoms with van der Waals surface area (Å²) in [6, 6.07) is 12.7. The molecule has 2 aromatic rings. The zero-order valence-electron chi connectivity index (χ0n) is 20.4. The van der Waals surface area contributed by atoms with Gasteiger partial charge in [0.25, 0.3) is 0 Å². The summed E-state index contributed by atoms with van der Waals surface area (Å²) in [6.07, 6.45) is 6.05. The molecule has 8 heteroatoms. The predicted octanol–water partition coefficient (Wildman–Crippen LogP) is 6.49. The topological polar surface area (TPSA) is 58.6 Å². The molecule has 1 saturated carbocycles. The van der Waals surface area contributed by atoms with Gasteiger partial charge in [-0.3, -0.25) is 9.59 Å². The van der Waals surface area contributed by atoms with Crippen LogP contribution in [0.25, 0.3) is 0 Å². The van der Waals surface area contributed by atoms with Crippen LogP contribution in [0.15, 0.2) is 42.5 Å². The van der Waals surface area contributed by atoms with E-state index < -0.39 is 6.04 Å². The average Bonchev–Trinajstić information content (AvgIpc) is 2.86. The Morgan fingerprint density at radius 2 is 1.91 bits per heavy atom. The highest BCUT2D eigenvalue weighted by molar-refractivity contribution is 7.99. The van der Waals surface area contributed by atoms with Gasteiger partial charge in [-0.15, -0.1) is 11.8 Å². The van der Waals surface area contributed by atoms with Gasteiger partial charge in [0.15, 0.2) is 0 Å². The normalized spacial score (nSPS) is 14.9. The Labute approximate surface area is 222 Å². The molecule has 1 aliphatic carbocycles. The highest BCUT2D eigenvalue weighted by Gasteiger charge is 2.30. The van der Waals surface area contributed by atoms with Crippen LogP contribution in [0, 0.1) is 0 Å². The standard InChI is InChI=1S/C27H34Cl2N2O3S/c1-3-25(27(33)30-22-9-5-4-6-10-22)31(16-19-8-7-11-23(14-19)34-2)26(32)18-35-17-20-12-13-21(28)15-24(20)29/h7-8,11-15,22,25H,3-6,9-10,16-18H2,1-2H3,(H,30,33). The lowest BCUT2D eigenvalue weighted by Crippen LogP contribution is -2.52. The van der Waals surface area contributed by atoms with Crippen molar-refractivity contribution in [3.8, 4) is 5.75 Å². The van der Waals surface area contributed by atoms with Gasteiger partial charge in [-0.1, -0.05) is 67.6 Å². The van der Waals surface area contributed by atoms with Crippen LogP contribution >= 0.6 is 35.0 Å². The summed E-state index contributed by atoms with van der Waals surface area (Å²) in [5, 5.41) is 4.38. The number of carbonyl (C=O) groups is 2. The number of nitrogens with zero attached hydrogens (tertiary/aromatic N) is 1. The van der Waals surface area contributed by atoms with Gasteiger partial charge in [0.2, 0.25) is 11.8 Å². The van der Waals surface area contributed by atoms with E-state index in [9.17, 15) is 9.59 Å². The molecule has 0 spiro atoms. The van der Waals surface area contributed by atoms with Crippen molar-refractivity contribution in [2.45, 2.75) is 69.8 Å². The van der Waals surface area contributed by atoms with E-state index in [4.69, 9.17) is 27.9 Å². The van der Waals surface area contributed by atoms with Gasteiger partial charge >= 0.3 is 0 Å². The number of carbonyl (C=O) groups excluding carboxylic acids is 2. The molecule has 35 heavy (non-hydrogen) atoms. The number of methoxy groups -OCH3 is 1. The van der Waals surface area contributed by atoms with Gasteiger partial charge < -0.3 is 15.0 Å². The van der Waals surface area contributed by atoms with E-state index in [2.05, 4.69) is 5.32 Å². The van der Waals surface area contributed by atoms with E-state index >= 15 is 0 Å². The monoisotopic (exact) mass is 536 g/mol. The van der Waals surface area contributed by atoms with Crippen molar-refractivity contribution in [2.24, 2.45) is 0 Å². The fourth-order valence-electron chi connectivity index (χ4n) is 4.40. The quantitative estimate of drug-likeness (QED) is 0.356. The lowest BCUT2D eigenvalue weighted by Gasteiger charge is -2.33. The number of halogens is 2. The number of benzene rings is 2. The first-order valence-electron chi connectivity index (χ1n) is 12.2. The molecule has 1 unspecified atom stereocenters. The van der Waals surface area contributed by atoms with Crippen LogP contribution in [0.1, 0.15) is 56.6 Å².